The van der Waals surface area contributed by atoms with Crippen LogP contribution in [0.1, 0.15) is 10.4 Å². The molecule has 2 heterocycles. The van der Waals surface area contributed by atoms with Crippen LogP contribution in [0.25, 0.3) is 10.9 Å². The fourth-order valence-corrected chi connectivity index (χ4v) is 3.66. The van der Waals surface area contributed by atoms with Crippen LogP contribution in [-0.4, -0.2) is 48.8 Å². The molecule has 21 heavy (non-hydrogen) atoms. The number of amides is 1. The summed E-state index contributed by atoms with van der Waals surface area (Å²) in [6.07, 6.45) is 0. The third-order valence-electron chi connectivity index (χ3n) is 3.60. The van der Waals surface area contributed by atoms with E-state index >= 15 is 0 Å². The van der Waals surface area contributed by atoms with E-state index in [1.165, 1.54) is 0 Å². The zero-order valence-corrected chi connectivity index (χ0v) is 12.1. The van der Waals surface area contributed by atoms with Gasteiger partial charge in [0, 0.05) is 18.5 Å². The van der Waals surface area contributed by atoms with E-state index in [0.717, 1.165) is 5.39 Å². The van der Waals surface area contributed by atoms with Gasteiger partial charge in [0.2, 0.25) is 0 Å². The highest BCUT2D eigenvalue weighted by atomic mass is 32.2. The maximum absolute atomic E-state index is 12.6. The average Bonchev–Trinajstić information content (AvgIpc) is 2.45. The van der Waals surface area contributed by atoms with Crippen LogP contribution in [0.15, 0.2) is 30.3 Å². The summed E-state index contributed by atoms with van der Waals surface area (Å²) in [7, 11) is -3.01. The van der Waals surface area contributed by atoms with Crippen molar-refractivity contribution in [3.8, 4) is 0 Å². The van der Waals surface area contributed by atoms with Gasteiger partial charge in [-0.25, -0.2) is 13.4 Å². The molecule has 7 heteroatoms. The SMILES string of the molecule is Nc1cc(C(=O)N2CCS(=O)(=O)CC2)c2ccccc2n1. The first-order valence-corrected chi connectivity index (χ1v) is 8.43. The van der Waals surface area contributed by atoms with Crippen molar-refractivity contribution in [2.75, 3.05) is 30.3 Å². The number of hydrogen-bond acceptors (Lipinski definition) is 5. The van der Waals surface area contributed by atoms with Gasteiger partial charge in [0.25, 0.3) is 5.91 Å². The molecule has 0 radical (unpaired) electrons. The first-order valence-electron chi connectivity index (χ1n) is 6.61. The van der Waals surface area contributed by atoms with Crippen molar-refractivity contribution in [2.24, 2.45) is 0 Å². The molecule has 6 nitrogen and oxygen atoms in total. The highest BCUT2D eigenvalue weighted by Gasteiger charge is 2.26. The normalized spacial score (nSPS) is 17.8. The van der Waals surface area contributed by atoms with E-state index < -0.39 is 9.84 Å². The highest BCUT2D eigenvalue weighted by Crippen LogP contribution is 2.21. The molecule has 2 N–H and O–H groups in total. The number of para-hydroxylation sites is 1. The number of benzene rings is 1. The molecule has 1 fully saturated rings. The summed E-state index contributed by atoms with van der Waals surface area (Å²) >= 11 is 0. The second-order valence-electron chi connectivity index (χ2n) is 5.06. The molecule has 0 atom stereocenters. The number of aromatic nitrogens is 1. The van der Waals surface area contributed by atoms with E-state index in [0.29, 0.717) is 11.1 Å². The van der Waals surface area contributed by atoms with Crippen molar-refractivity contribution in [1.82, 2.24) is 9.88 Å². The van der Waals surface area contributed by atoms with Crippen LogP contribution in [0.4, 0.5) is 5.82 Å². The fraction of sp³-hybridized carbons (Fsp3) is 0.286. The molecule has 0 aliphatic carbocycles. The lowest BCUT2D eigenvalue weighted by atomic mass is 10.1. The molecule has 1 aliphatic rings. The first-order chi connectivity index (χ1) is 9.96. The number of rotatable bonds is 1. The number of fused-ring (bicyclic) bond motifs is 1. The van der Waals surface area contributed by atoms with Crippen molar-refractivity contribution >= 4 is 32.5 Å². The molecule has 2 aromatic rings. The Morgan fingerprint density at radius 1 is 1.19 bits per heavy atom. The van der Waals surface area contributed by atoms with Crippen LogP contribution in [0.2, 0.25) is 0 Å². The van der Waals surface area contributed by atoms with Crippen LogP contribution in [0.5, 0.6) is 0 Å². The first kappa shape index (κ1) is 13.8. The minimum Gasteiger partial charge on any atom is -0.384 e. The molecule has 0 bridgehead atoms. The smallest absolute Gasteiger partial charge is 0.254 e. The van der Waals surface area contributed by atoms with Gasteiger partial charge in [-0.05, 0) is 12.1 Å². The summed E-state index contributed by atoms with van der Waals surface area (Å²) in [5.41, 5.74) is 6.89. The number of nitrogens with two attached hydrogens (primary N) is 1. The Kier molecular flexibility index (Phi) is 3.29. The van der Waals surface area contributed by atoms with Crippen LogP contribution in [0.3, 0.4) is 0 Å². The standard InChI is InChI=1S/C14H15N3O3S/c15-13-9-11(10-3-1-2-4-12(10)16-13)14(18)17-5-7-21(19,20)8-6-17/h1-4,9H,5-8H2,(H2,15,16). The summed E-state index contributed by atoms with van der Waals surface area (Å²) in [4.78, 5) is 18.4. The van der Waals surface area contributed by atoms with E-state index in [9.17, 15) is 13.2 Å². The minimum atomic E-state index is -3.01. The van der Waals surface area contributed by atoms with Gasteiger partial charge < -0.3 is 10.6 Å². The maximum atomic E-state index is 12.6. The number of anilines is 1. The van der Waals surface area contributed by atoms with Crippen molar-refractivity contribution in [1.29, 1.82) is 0 Å². The molecule has 0 spiro atoms. The van der Waals surface area contributed by atoms with E-state index in [4.69, 9.17) is 5.73 Å². The topological polar surface area (TPSA) is 93.4 Å². The Bertz CT molecular complexity index is 803. The summed E-state index contributed by atoms with van der Waals surface area (Å²) in [6, 6.07) is 8.82. The number of pyridine rings is 1. The number of sulfone groups is 1. The largest absolute Gasteiger partial charge is 0.384 e. The predicted molar refractivity (Wildman–Crippen MR) is 80.7 cm³/mol. The van der Waals surface area contributed by atoms with Crippen LogP contribution in [0, 0.1) is 0 Å². The molecule has 1 aromatic carbocycles. The van der Waals surface area contributed by atoms with Gasteiger partial charge in [-0.1, -0.05) is 18.2 Å². The molecular weight excluding hydrogens is 290 g/mol. The second-order valence-corrected chi connectivity index (χ2v) is 7.36. The fourth-order valence-electron chi connectivity index (χ4n) is 2.46. The molecule has 1 aromatic heterocycles. The molecule has 1 aliphatic heterocycles. The third kappa shape index (κ3) is 2.69. The lowest BCUT2D eigenvalue weighted by Gasteiger charge is -2.27. The zero-order chi connectivity index (χ0) is 15.0. The van der Waals surface area contributed by atoms with E-state index in [1.54, 1.807) is 17.0 Å². The number of carbonyl (C=O) groups is 1. The Hall–Kier alpha value is -2.15. The van der Waals surface area contributed by atoms with Gasteiger partial charge in [-0.15, -0.1) is 0 Å². The van der Waals surface area contributed by atoms with E-state index in [2.05, 4.69) is 4.98 Å². The Morgan fingerprint density at radius 2 is 1.86 bits per heavy atom. The van der Waals surface area contributed by atoms with Crippen LogP contribution < -0.4 is 5.73 Å². The average molecular weight is 305 g/mol. The Balaban J connectivity index is 1.99. The number of carbonyl (C=O) groups excluding carboxylic acids is 1. The van der Waals surface area contributed by atoms with Crippen molar-refractivity contribution < 1.29 is 13.2 Å². The molecule has 0 unspecified atom stereocenters. The van der Waals surface area contributed by atoms with Gasteiger partial charge in [0.05, 0.1) is 22.6 Å². The second kappa shape index (κ2) is 5.00. The van der Waals surface area contributed by atoms with E-state index in [-0.39, 0.29) is 36.3 Å². The van der Waals surface area contributed by atoms with Crippen LogP contribution in [-0.2, 0) is 9.84 Å². The maximum Gasteiger partial charge on any atom is 0.254 e. The monoisotopic (exact) mass is 305 g/mol. The summed E-state index contributed by atoms with van der Waals surface area (Å²) in [6.45, 7) is 0.440. The molecule has 110 valence electrons. The number of nitrogen functional groups attached to an aromatic ring is 1. The summed E-state index contributed by atoms with van der Waals surface area (Å²) in [5, 5.41) is 0.727. The van der Waals surface area contributed by atoms with Gasteiger partial charge in [-0.2, -0.15) is 0 Å². The molecule has 1 saturated heterocycles. The summed E-state index contributed by atoms with van der Waals surface area (Å²) < 4.78 is 22.9. The molecule has 0 saturated carbocycles. The lowest BCUT2D eigenvalue weighted by molar-refractivity contribution is 0.0772. The third-order valence-corrected chi connectivity index (χ3v) is 5.21. The number of nitrogens with zero attached hydrogens (tertiary/aromatic N) is 2. The Morgan fingerprint density at radius 3 is 2.57 bits per heavy atom. The Labute approximate surface area is 122 Å². The van der Waals surface area contributed by atoms with Gasteiger partial charge in [0.15, 0.2) is 9.84 Å². The predicted octanol–water partition coefficient (Wildman–Crippen LogP) is 0.688. The highest BCUT2D eigenvalue weighted by molar-refractivity contribution is 7.91. The van der Waals surface area contributed by atoms with Crippen molar-refractivity contribution in [3.63, 3.8) is 0 Å². The number of hydrogen-bond donors (Lipinski definition) is 1. The summed E-state index contributed by atoms with van der Waals surface area (Å²) in [5.74, 6) is 0.103. The quantitative estimate of drug-likeness (QED) is 0.836. The van der Waals surface area contributed by atoms with Crippen molar-refractivity contribution in [2.45, 2.75) is 0 Å². The molecule has 3 rings (SSSR count). The van der Waals surface area contributed by atoms with Gasteiger partial charge in [-0.3, -0.25) is 4.79 Å². The minimum absolute atomic E-state index is 0.0111. The van der Waals surface area contributed by atoms with Crippen LogP contribution >= 0.6 is 0 Å². The lowest BCUT2D eigenvalue weighted by Crippen LogP contribution is -2.43. The van der Waals surface area contributed by atoms with Crippen molar-refractivity contribution in [3.05, 3.63) is 35.9 Å². The molecule has 1 amide bonds. The molecular formula is C14H15N3O3S. The van der Waals surface area contributed by atoms with Gasteiger partial charge >= 0.3 is 0 Å². The van der Waals surface area contributed by atoms with Gasteiger partial charge in [0.1, 0.15) is 5.82 Å². The van der Waals surface area contributed by atoms with E-state index in [1.807, 2.05) is 18.2 Å². The zero-order valence-electron chi connectivity index (χ0n) is 11.3.